The molecule has 2 heterocycles. The molecule has 0 bridgehead atoms. The lowest BCUT2D eigenvalue weighted by Gasteiger charge is -2.19. The van der Waals surface area contributed by atoms with E-state index in [0.29, 0.717) is 4.91 Å². The maximum Gasteiger partial charge on any atom is 0.329 e. The van der Waals surface area contributed by atoms with Crippen LogP contribution < -0.4 is 4.90 Å². The number of hydrogen-bond donors (Lipinski definition) is 0. The monoisotopic (exact) mass is 441 g/mol. The zero-order valence-electron chi connectivity index (χ0n) is 18.6. The molecule has 0 saturated carbocycles. The summed E-state index contributed by atoms with van der Waals surface area (Å²) in [6.07, 6.45) is 1.72. The maximum atomic E-state index is 12.8. The number of benzene rings is 1. The number of esters is 1. The highest BCUT2D eigenvalue weighted by atomic mass is 32.2. The van der Waals surface area contributed by atoms with E-state index in [0.717, 1.165) is 45.0 Å². The lowest BCUT2D eigenvalue weighted by Crippen LogP contribution is -2.42. The molecule has 1 unspecified atom stereocenters. The van der Waals surface area contributed by atoms with E-state index in [1.54, 1.807) is 13.0 Å². The van der Waals surface area contributed by atoms with Gasteiger partial charge in [0.05, 0.1) is 11.5 Å². The number of thioether (sulfide) groups is 1. The number of nitrogens with zero attached hydrogens (tertiary/aromatic N) is 3. The molecule has 0 aliphatic carbocycles. The van der Waals surface area contributed by atoms with E-state index in [-0.39, 0.29) is 6.61 Å². The molecule has 1 saturated heterocycles. The van der Waals surface area contributed by atoms with E-state index in [1.165, 1.54) is 6.92 Å². The number of aryl methyl sites for hydroxylation is 1. The van der Waals surface area contributed by atoms with Crippen LogP contribution in [-0.4, -0.2) is 53.3 Å². The summed E-state index contributed by atoms with van der Waals surface area (Å²) in [5.74, 6) is -1.07. The minimum absolute atomic E-state index is 0.191. The van der Waals surface area contributed by atoms with Gasteiger partial charge in [-0.25, -0.2) is 4.79 Å². The van der Waals surface area contributed by atoms with Gasteiger partial charge >= 0.3 is 5.97 Å². The molecule has 0 radical (unpaired) electrons. The van der Waals surface area contributed by atoms with E-state index in [2.05, 4.69) is 16.7 Å². The topological polar surface area (TPSA) is 71.8 Å². The second-order valence-electron chi connectivity index (χ2n) is 7.55. The SMILES string of the molecule is CCOC(=O)C(C)N1C(=O)SC(=Cc2cc(C)n(-c3ccc(N(C)C)cc3)c2C)C1=O. The zero-order valence-corrected chi connectivity index (χ0v) is 19.4. The molecule has 1 aromatic heterocycles. The molecule has 2 aromatic rings. The van der Waals surface area contributed by atoms with Crippen LogP contribution in [0.5, 0.6) is 0 Å². The van der Waals surface area contributed by atoms with Crippen LogP contribution in [0.25, 0.3) is 11.8 Å². The van der Waals surface area contributed by atoms with Crippen LogP contribution in [0.1, 0.15) is 30.8 Å². The molecule has 0 spiro atoms. The van der Waals surface area contributed by atoms with Gasteiger partial charge in [0.25, 0.3) is 11.1 Å². The summed E-state index contributed by atoms with van der Waals surface area (Å²) in [6.45, 7) is 7.35. The largest absolute Gasteiger partial charge is 0.464 e. The highest BCUT2D eigenvalue weighted by Gasteiger charge is 2.41. The van der Waals surface area contributed by atoms with Gasteiger partial charge in [0, 0.05) is 36.9 Å². The minimum atomic E-state index is -0.957. The van der Waals surface area contributed by atoms with Crippen LogP contribution in [0.4, 0.5) is 10.5 Å². The normalized spacial score (nSPS) is 16.2. The minimum Gasteiger partial charge on any atom is -0.464 e. The number of aromatic nitrogens is 1. The molecule has 1 aliphatic heterocycles. The fourth-order valence-electron chi connectivity index (χ4n) is 3.55. The Hall–Kier alpha value is -3.00. The Balaban J connectivity index is 1.91. The molecular formula is C23H27N3O4S. The van der Waals surface area contributed by atoms with Gasteiger partial charge in [0.15, 0.2) is 0 Å². The van der Waals surface area contributed by atoms with Crippen molar-refractivity contribution in [3.8, 4) is 5.69 Å². The molecule has 1 aromatic carbocycles. The number of imide groups is 1. The molecule has 31 heavy (non-hydrogen) atoms. The smallest absolute Gasteiger partial charge is 0.329 e. The first-order chi connectivity index (χ1) is 14.6. The summed E-state index contributed by atoms with van der Waals surface area (Å²) in [7, 11) is 3.99. The molecule has 1 atom stereocenters. The van der Waals surface area contributed by atoms with E-state index in [9.17, 15) is 14.4 Å². The summed E-state index contributed by atoms with van der Waals surface area (Å²) in [4.78, 5) is 40.6. The van der Waals surface area contributed by atoms with Crippen molar-refractivity contribution in [1.29, 1.82) is 0 Å². The number of carbonyl (C=O) groups is 3. The maximum absolute atomic E-state index is 12.8. The van der Waals surface area contributed by atoms with Crippen molar-refractivity contribution < 1.29 is 19.1 Å². The Morgan fingerprint density at radius 3 is 2.42 bits per heavy atom. The third-order valence-corrected chi connectivity index (χ3v) is 6.10. The van der Waals surface area contributed by atoms with Crippen LogP contribution in [0, 0.1) is 13.8 Å². The second-order valence-corrected chi connectivity index (χ2v) is 8.55. The van der Waals surface area contributed by atoms with Gasteiger partial charge in [-0.05, 0) is 81.4 Å². The molecule has 1 aliphatic rings. The van der Waals surface area contributed by atoms with Crippen LogP contribution in [0.15, 0.2) is 35.2 Å². The van der Waals surface area contributed by atoms with Crippen LogP contribution in [0.3, 0.4) is 0 Å². The first-order valence-corrected chi connectivity index (χ1v) is 10.9. The molecule has 7 nitrogen and oxygen atoms in total. The van der Waals surface area contributed by atoms with Crippen molar-refractivity contribution in [3.05, 3.63) is 52.2 Å². The Kier molecular flexibility index (Phi) is 6.59. The van der Waals surface area contributed by atoms with E-state index >= 15 is 0 Å². The van der Waals surface area contributed by atoms with Crippen molar-refractivity contribution >= 4 is 40.6 Å². The quantitative estimate of drug-likeness (QED) is 0.495. The molecular weight excluding hydrogens is 414 g/mol. The third kappa shape index (κ3) is 4.39. The summed E-state index contributed by atoms with van der Waals surface area (Å²) < 4.78 is 7.06. The van der Waals surface area contributed by atoms with Crippen molar-refractivity contribution in [2.75, 3.05) is 25.6 Å². The highest BCUT2D eigenvalue weighted by Crippen LogP contribution is 2.35. The number of carbonyl (C=O) groups excluding carboxylic acids is 3. The third-order valence-electron chi connectivity index (χ3n) is 5.22. The van der Waals surface area contributed by atoms with Crippen molar-refractivity contribution in [2.45, 2.75) is 33.7 Å². The van der Waals surface area contributed by atoms with Gasteiger partial charge in [-0.3, -0.25) is 14.5 Å². The summed E-state index contributed by atoms with van der Waals surface area (Å²) >= 11 is 0.841. The standard InChI is InChI=1S/C23H27N3O4S/c1-7-30-22(28)16(4)26-21(27)20(31-23(26)29)13-17-12-14(2)25(15(17)3)19-10-8-18(9-11-19)24(5)6/h8-13,16H,7H2,1-6H3. The predicted molar refractivity (Wildman–Crippen MR) is 123 cm³/mol. The van der Waals surface area contributed by atoms with Crippen molar-refractivity contribution in [1.82, 2.24) is 9.47 Å². The molecule has 1 fully saturated rings. The van der Waals surface area contributed by atoms with Crippen molar-refractivity contribution in [3.63, 3.8) is 0 Å². The molecule has 164 valence electrons. The number of rotatable bonds is 6. The first-order valence-electron chi connectivity index (χ1n) is 10.1. The van der Waals surface area contributed by atoms with E-state index in [4.69, 9.17) is 4.74 Å². The fourth-order valence-corrected chi connectivity index (χ4v) is 4.45. The Morgan fingerprint density at radius 2 is 1.84 bits per heavy atom. The first kappa shape index (κ1) is 22.7. The van der Waals surface area contributed by atoms with Gasteiger partial charge < -0.3 is 14.2 Å². The number of hydrogen-bond acceptors (Lipinski definition) is 6. The van der Waals surface area contributed by atoms with Crippen LogP contribution in [-0.2, 0) is 14.3 Å². The highest BCUT2D eigenvalue weighted by molar-refractivity contribution is 8.18. The van der Waals surface area contributed by atoms with Gasteiger partial charge in [0.2, 0.25) is 0 Å². The second kappa shape index (κ2) is 9.01. The van der Waals surface area contributed by atoms with Crippen molar-refractivity contribution in [2.24, 2.45) is 0 Å². The molecule has 8 heteroatoms. The average molecular weight is 442 g/mol. The Labute approximate surface area is 186 Å². The molecule has 3 rings (SSSR count). The van der Waals surface area contributed by atoms with Crippen LogP contribution in [0.2, 0.25) is 0 Å². The number of ether oxygens (including phenoxy) is 1. The number of anilines is 1. The predicted octanol–water partition coefficient (Wildman–Crippen LogP) is 4.15. The lowest BCUT2D eigenvalue weighted by atomic mass is 10.2. The van der Waals surface area contributed by atoms with Gasteiger partial charge in [-0.1, -0.05) is 0 Å². The lowest BCUT2D eigenvalue weighted by molar-refractivity contribution is -0.150. The molecule has 2 amide bonds. The van der Waals surface area contributed by atoms with Gasteiger partial charge in [-0.2, -0.15) is 0 Å². The number of amides is 2. The zero-order chi connectivity index (χ0) is 22.9. The summed E-state index contributed by atoms with van der Waals surface area (Å²) in [5.41, 5.74) is 4.95. The summed E-state index contributed by atoms with van der Waals surface area (Å²) in [5, 5.41) is -0.468. The summed E-state index contributed by atoms with van der Waals surface area (Å²) in [6, 6.07) is 9.23. The van der Waals surface area contributed by atoms with Gasteiger partial charge in [-0.15, -0.1) is 0 Å². The Morgan fingerprint density at radius 1 is 1.19 bits per heavy atom. The fraction of sp³-hybridized carbons (Fsp3) is 0.348. The average Bonchev–Trinajstić information content (AvgIpc) is 3.16. The Bertz CT molecular complexity index is 1050. The van der Waals surface area contributed by atoms with Crippen LogP contribution >= 0.6 is 11.8 Å². The van der Waals surface area contributed by atoms with Gasteiger partial charge in [0.1, 0.15) is 6.04 Å². The van der Waals surface area contributed by atoms with E-state index < -0.39 is 23.2 Å². The van der Waals surface area contributed by atoms with E-state index in [1.807, 2.05) is 51.0 Å². The molecule has 0 N–H and O–H groups in total.